The number of imidazole rings is 1. The van der Waals surface area contributed by atoms with E-state index in [9.17, 15) is 9.59 Å². The summed E-state index contributed by atoms with van der Waals surface area (Å²) in [6, 6.07) is 4.15. The molecule has 2 amide bonds. The molecule has 2 bridgehead atoms. The molecule has 6 heterocycles. The quantitative estimate of drug-likeness (QED) is 0.550. The van der Waals surface area contributed by atoms with E-state index in [1.54, 1.807) is 11.1 Å². The van der Waals surface area contributed by atoms with Gasteiger partial charge in [0.2, 0.25) is 0 Å². The van der Waals surface area contributed by atoms with Gasteiger partial charge in [-0.2, -0.15) is 0 Å². The van der Waals surface area contributed by atoms with Gasteiger partial charge in [-0.15, -0.1) is 0 Å². The number of aromatic amines is 1. The van der Waals surface area contributed by atoms with Crippen LogP contribution in [0.15, 0.2) is 18.3 Å². The van der Waals surface area contributed by atoms with E-state index in [1.807, 2.05) is 37.8 Å². The van der Waals surface area contributed by atoms with Gasteiger partial charge in [0.25, 0.3) is 0 Å². The Morgan fingerprint density at radius 3 is 2.48 bits per heavy atom. The van der Waals surface area contributed by atoms with E-state index in [1.165, 1.54) is 0 Å². The van der Waals surface area contributed by atoms with Crippen molar-refractivity contribution in [3.05, 3.63) is 29.8 Å². The number of amides is 2. The van der Waals surface area contributed by atoms with Crippen molar-refractivity contribution < 1.29 is 23.8 Å². The first-order valence-corrected chi connectivity index (χ1v) is 14.9. The molecular weight excluding hydrogens is 510 g/mol. The molecule has 214 valence electrons. The molecule has 10 nitrogen and oxygen atoms in total. The Balaban J connectivity index is 1.12. The highest BCUT2D eigenvalue weighted by Gasteiger charge is 2.50. The van der Waals surface area contributed by atoms with E-state index in [0.717, 1.165) is 67.2 Å². The molecule has 4 fully saturated rings. The molecule has 1 saturated carbocycles. The van der Waals surface area contributed by atoms with Crippen LogP contribution in [0.3, 0.4) is 0 Å². The number of carbonyl (C=O) groups is 2. The van der Waals surface area contributed by atoms with Crippen LogP contribution in [0.5, 0.6) is 5.75 Å². The molecule has 3 saturated heterocycles. The maximum atomic E-state index is 13.0. The lowest BCUT2D eigenvalue weighted by molar-refractivity contribution is -0.00922. The number of nitrogens with zero attached hydrogens (tertiary/aromatic N) is 4. The number of piperidine rings is 2. The molecule has 4 aliphatic heterocycles. The topological polar surface area (TPSA) is 110 Å². The van der Waals surface area contributed by atoms with Gasteiger partial charge in [-0.3, -0.25) is 4.98 Å². The first kappa shape index (κ1) is 25.7. The minimum absolute atomic E-state index is 0.154. The Bertz CT molecular complexity index is 1290. The summed E-state index contributed by atoms with van der Waals surface area (Å²) in [4.78, 5) is 42.9. The number of pyridine rings is 1. The molecule has 7 rings (SSSR count). The van der Waals surface area contributed by atoms with E-state index in [0.29, 0.717) is 38.5 Å². The number of aromatic nitrogens is 3. The fourth-order valence-electron chi connectivity index (χ4n) is 6.98. The number of nitrogens with one attached hydrogen (secondary N) is 1. The molecule has 1 N–H and O–H groups in total. The third-order valence-electron chi connectivity index (χ3n) is 9.17. The molecular formula is C30H39N5O5. The van der Waals surface area contributed by atoms with Crippen LogP contribution >= 0.6 is 0 Å². The lowest BCUT2D eigenvalue weighted by atomic mass is 9.84. The smallest absolute Gasteiger partial charge is 0.410 e. The summed E-state index contributed by atoms with van der Waals surface area (Å²) in [5.74, 6) is 2.43. The highest BCUT2D eigenvalue weighted by molar-refractivity contribution is 5.71. The third kappa shape index (κ3) is 4.59. The molecule has 0 aromatic carbocycles. The molecule has 2 aromatic rings. The average molecular weight is 550 g/mol. The second kappa shape index (κ2) is 9.38. The van der Waals surface area contributed by atoms with Gasteiger partial charge in [0, 0.05) is 50.1 Å². The summed E-state index contributed by atoms with van der Waals surface area (Å²) >= 11 is 0. The number of carbonyl (C=O) groups excluding carboxylic acids is 2. The molecule has 2 unspecified atom stereocenters. The Morgan fingerprint density at radius 1 is 1.07 bits per heavy atom. The summed E-state index contributed by atoms with van der Waals surface area (Å²) in [5.41, 5.74) is 1.46. The predicted octanol–water partition coefficient (Wildman–Crippen LogP) is 5.35. The van der Waals surface area contributed by atoms with Gasteiger partial charge in [-0.05, 0) is 77.3 Å². The SMILES string of the molecule is CC(C)(C)OC(=O)N1C2CCC1CC(c1nc3c([nH]1)C1(CCN(C(=O)OCC4CC4)CC1)Oc1cccnc1-3)C2. The van der Waals surface area contributed by atoms with Crippen LogP contribution < -0.4 is 4.74 Å². The van der Waals surface area contributed by atoms with Gasteiger partial charge in [0.15, 0.2) is 5.60 Å². The second-order valence-electron chi connectivity index (χ2n) is 13.2. The molecule has 2 aromatic heterocycles. The van der Waals surface area contributed by atoms with Gasteiger partial charge >= 0.3 is 12.2 Å². The van der Waals surface area contributed by atoms with Crippen LogP contribution in [-0.2, 0) is 15.1 Å². The number of hydrogen-bond acceptors (Lipinski definition) is 7. The molecule has 5 aliphatic rings. The van der Waals surface area contributed by atoms with Gasteiger partial charge in [0.05, 0.1) is 12.3 Å². The minimum atomic E-state index is -0.597. The van der Waals surface area contributed by atoms with Crippen molar-refractivity contribution in [1.29, 1.82) is 0 Å². The normalized spacial score (nSPS) is 26.6. The van der Waals surface area contributed by atoms with Crippen molar-refractivity contribution in [1.82, 2.24) is 24.8 Å². The van der Waals surface area contributed by atoms with Crippen molar-refractivity contribution in [2.24, 2.45) is 5.92 Å². The summed E-state index contributed by atoms with van der Waals surface area (Å²) in [7, 11) is 0. The number of rotatable bonds is 3. The van der Waals surface area contributed by atoms with Crippen molar-refractivity contribution in [3.63, 3.8) is 0 Å². The zero-order valence-corrected chi connectivity index (χ0v) is 23.6. The standard InChI is InChI=1S/C30H39N5O5/c1-29(2,3)40-28(37)35-20-8-9-21(35)16-19(15-20)26-32-24-23-22(5-4-12-31-23)39-30(25(24)33-26)10-13-34(14-11-30)27(36)38-17-18-6-7-18/h4-5,12,18-21H,6-11,13-17H2,1-3H3,(H,32,33). The van der Waals surface area contributed by atoms with E-state index in [4.69, 9.17) is 19.2 Å². The Labute approximate surface area is 234 Å². The average Bonchev–Trinajstić information content (AvgIpc) is 3.57. The maximum Gasteiger partial charge on any atom is 0.410 e. The van der Waals surface area contributed by atoms with E-state index in [-0.39, 0.29) is 30.2 Å². The monoisotopic (exact) mass is 549 g/mol. The molecule has 10 heteroatoms. The van der Waals surface area contributed by atoms with Gasteiger partial charge in [-0.1, -0.05) is 0 Å². The zero-order valence-electron chi connectivity index (χ0n) is 23.6. The predicted molar refractivity (Wildman–Crippen MR) is 146 cm³/mol. The zero-order chi connectivity index (χ0) is 27.6. The van der Waals surface area contributed by atoms with Crippen molar-refractivity contribution in [2.75, 3.05) is 19.7 Å². The van der Waals surface area contributed by atoms with E-state index in [2.05, 4.69) is 9.97 Å². The van der Waals surface area contributed by atoms with Crippen LogP contribution in [0.1, 0.15) is 89.6 Å². The largest absolute Gasteiger partial charge is 0.478 e. The summed E-state index contributed by atoms with van der Waals surface area (Å²) in [6.45, 7) is 7.39. The lowest BCUT2D eigenvalue weighted by Gasteiger charge is -2.43. The first-order valence-electron chi connectivity index (χ1n) is 14.9. The Kier molecular flexibility index (Phi) is 6.02. The molecule has 40 heavy (non-hydrogen) atoms. The summed E-state index contributed by atoms with van der Waals surface area (Å²) < 4.78 is 18.0. The third-order valence-corrected chi connectivity index (χ3v) is 9.17. The highest BCUT2D eigenvalue weighted by atomic mass is 16.6. The van der Waals surface area contributed by atoms with Crippen LogP contribution in [0.4, 0.5) is 9.59 Å². The highest BCUT2D eigenvalue weighted by Crippen LogP contribution is 2.50. The molecule has 0 radical (unpaired) electrons. The van der Waals surface area contributed by atoms with Crippen molar-refractivity contribution >= 4 is 12.2 Å². The van der Waals surface area contributed by atoms with E-state index < -0.39 is 11.2 Å². The van der Waals surface area contributed by atoms with Crippen LogP contribution in [-0.4, -0.2) is 74.3 Å². The van der Waals surface area contributed by atoms with Gasteiger partial charge in [0.1, 0.15) is 28.6 Å². The molecule has 1 spiro atoms. The second-order valence-corrected chi connectivity index (χ2v) is 13.2. The lowest BCUT2D eigenvalue weighted by Crippen LogP contribution is -2.49. The molecule has 1 aliphatic carbocycles. The van der Waals surface area contributed by atoms with Crippen molar-refractivity contribution in [2.45, 2.75) is 101 Å². The Hall–Kier alpha value is -3.30. The van der Waals surface area contributed by atoms with Crippen molar-refractivity contribution in [3.8, 4) is 17.1 Å². The maximum absolute atomic E-state index is 13.0. The minimum Gasteiger partial charge on any atom is -0.478 e. The number of ether oxygens (including phenoxy) is 3. The fraction of sp³-hybridized carbons (Fsp3) is 0.667. The van der Waals surface area contributed by atoms with Crippen LogP contribution in [0.2, 0.25) is 0 Å². The number of likely N-dealkylation sites (tertiary alicyclic amines) is 1. The number of fused-ring (bicyclic) bond motifs is 6. The first-order chi connectivity index (χ1) is 19.2. The summed E-state index contributed by atoms with van der Waals surface area (Å²) in [5, 5.41) is 0. The fourth-order valence-corrected chi connectivity index (χ4v) is 6.98. The van der Waals surface area contributed by atoms with Crippen LogP contribution in [0.25, 0.3) is 11.4 Å². The van der Waals surface area contributed by atoms with Gasteiger partial charge < -0.3 is 29.0 Å². The number of H-pyrrole nitrogens is 1. The van der Waals surface area contributed by atoms with E-state index >= 15 is 0 Å². The van der Waals surface area contributed by atoms with Crippen LogP contribution in [0, 0.1) is 5.92 Å². The molecule has 2 atom stereocenters. The Morgan fingerprint density at radius 2 is 1.80 bits per heavy atom. The van der Waals surface area contributed by atoms with Gasteiger partial charge in [-0.25, -0.2) is 14.6 Å². The number of hydrogen-bond donors (Lipinski definition) is 1. The summed E-state index contributed by atoms with van der Waals surface area (Å²) in [6.07, 6.45) is 8.65.